The Morgan fingerprint density at radius 1 is 1.08 bits per heavy atom. The Hall–Kier alpha value is -2.96. The SMILES string of the molecule is CC(=O)N1CCN(c2nc(-c3ccccc3)ncc2C(N)=O)CC1. The van der Waals surface area contributed by atoms with Gasteiger partial charge in [-0.15, -0.1) is 0 Å². The number of anilines is 1. The zero-order chi connectivity index (χ0) is 17.1. The van der Waals surface area contributed by atoms with Gasteiger partial charge in [0, 0.05) is 44.9 Å². The minimum atomic E-state index is -0.557. The molecule has 24 heavy (non-hydrogen) atoms. The van der Waals surface area contributed by atoms with Gasteiger partial charge in [0.05, 0.1) is 0 Å². The molecule has 0 radical (unpaired) electrons. The number of primary amides is 1. The molecule has 7 heteroatoms. The molecule has 0 aliphatic carbocycles. The van der Waals surface area contributed by atoms with Crippen molar-refractivity contribution in [2.75, 3.05) is 31.1 Å². The first kappa shape index (κ1) is 15.9. The Morgan fingerprint density at radius 3 is 2.33 bits per heavy atom. The summed E-state index contributed by atoms with van der Waals surface area (Å²) in [6.07, 6.45) is 1.48. The standard InChI is InChI=1S/C17H19N5O2/c1-12(23)21-7-9-22(10-8-21)17-14(15(18)24)11-19-16(20-17)13-5-3-2-4-6-13/h2-6,11H,7-10H2,1H3,(H2,18,24). The fourth-order valence-electron chi connectivity index (χ4n) is 2.75. The first-order valence-electron chi connectivity index (χ1n) is 7.79. The van der Waals surface area contributed by atoms with Crippen LogP contribution in [0.2, 0.25) is 0 Å². The van der Waals surface area contributed by atoms with Crippen molar-refractivity contribution in [3.63, 3.8) is 0 Å². The van der Waals surface area contributed by atoms with Crippen molar-refractivity contribution in [2.45, 2.75) is 6.92 Å². The number of rotatable bonds is 3. The van der Waals surface area contributed by atoms with Gasteiger partial charge in [-0.1, -0.05) is 30.3 Å². The fraction of sp³-hybridized carbons (Fsp3) is 0.294. The highest BCUT2D eigenvalue weighted by Crippen LogP contribution is 2.23. The van der Waals surface area contributed by atoms with Crippen molar-refractivity contribution in [1.29, 1.82) is 0 Å². The molecule has 2 amide bonds. The molecular formula is C17H19N5O2. The van der Waals surface area contributed by atoms with Crippen LogP contribution in [0.1, 0.15) is 17.3 Å². The first-order chi connectivity index (χ1) is 11.6. The maximum atomic E-state index is 11.7. The molecule has 1 aromatic carbocycles. The lowest BCUT2D eigenvalue weighted by atomic mass is 10.2. The molecule has 0 saturated carbocycles. The maximum Gasteiger partial charge on any atom is 0.254 e. The number of carbonyl (C=O) groups is 2. The van der Waals surface area contributed by atoms with E-state index in [-0.39, 0.29) is 5.91 Å². The molecule has 3 rings (SSSR count). The molecule has 0 spiro atoms. The highest BCUT2D eigenvalue weighted by Gasteiger charge is 2.24. The van der Waals surface area contributed by atoms with Crippen LogP contribution in [0.25, 0.3) is 11.4 Å². The Labute approximate surface area is 140 Å². The summed E-state index contributed by atoms with van der Waals surface area (Å²) in [7, 11) is 0. The van der Waals surface area contributed by atoms with E-state index in [9.17, 15) is 9.59 Å². The van der Waals surface area contributed by atoms with Gasteiger partial charge < -0.3 is 15.5 Å². The van der Waals surface area contributed by atoms with E-state index in [1.807, 2.05) is 35.2 Å². The summed E-state index contributed by atoms with van der Waals surface area (Å²) in [5.74, 6) is 0.570. The lowest BCUT2D eigenvalue weighted by Crippen LogP contribution is -2.48. The lowest BCUT2D eigenvalue weighted by molar-refractivity contribution is -0.129. The van der Waals surface area contributed by atoms with E-state index in [2.05, 4.69) is 9.97 Å². The van der Waals surface area contributed by atoms with E-state index >= 15 is 0 Å². The average Bonchev–Trinajstić information content (AvgIpc) is 2.62. The first-order valence-corrected chi connectivity index (χ1v) is 7.79. The summed E-state index contributed by atoms with van der Waals surface area (Å²) < 4.78 is 0. The summed E-state index contributed by atoms with van der Waals surface area (Å²) >= 11 is 0. The van der Waals surface area contributed by atoms with E-state index in [0.29, 0.717) is 43.4 Å². The molecule has 2 heterocycles. The average molecular weight is 325 g/mol. The van der Waals surface area contributed by atoms with Crippen LogP contribution in [0, 0.1) is 0 Å². The van der Waals surface area contributed by atoms with Gasteiger partial charge in [0.15, 0.2) is 5.82 Å². The Bertz CT molecular complexity index is 755. The van der Waals surface area contributed by atoms with Crippen LogP contribution in [0.4, 0.5) is 5.82 Å². The van der Waals surface area contributed by atoms with Crippen molar-refractivity contribution in [3.05, 3.63) is 42.1 Å². The predicted molar refractivity (Wildman–Crippen MR) is 90.5 cm³/mol. The van der Waals surface area contributed by atoms with E-state index < -0.39 is 5.91 Å². The third-order valence-corrected chi connectivity index (χ3v) is 4.09. The van der Waals surface area contributed by atoms with Crippen LogP contribution in [0.3, 0.4) is 0 Å². The molecule has 0 unspecified atom stereocenters. The number of hydrogen-bond acceptors (Lipinski definition) is 5. The second-order valence-corrected chi connectivity index (χ2v) is 5.65. The summed E-state index contributed by atoms with van der Waals surface area (Å²) in [6.45, 7) is 3.95. The van der Waals surface area contributed by atoms with E-state index in [1.54, 1.807) is 11.8 Å². The van der Waals surface area contributed by atoms with Crippen LogP contribution < -0.4 is 10.6 Å². The Morgan fingerprint density at radius 2 is 1.75 bits per heavy atom. The van der Waals surface area contributed by atoms with Gasteiger partial charge in [-0.2, -0.15) is 0 Å². The third kappa shape index (κ3) is 3.19. The minimum Gasteiger partial charge on any atom is -0.365 e. The van der Waals surface area contributed by atoms with Crippen LogP contribution >= 0.6 is 0 Å². The van der Waals surface area contributed by atoms with Crippen molar-refractivity contribution >= 4 is 17.6 Å². The summed E-state index contributed by atoms with van der Waals surface area (Å²) in [6, 6.07) is 9.56. The van der Waals surface area contributed by atoms with Gasteiger partial charge in [0.2, 0.25) is 5.91 Å². The number of hydrogen-bond donors (Lipinski definition) is 1. The number of aromatic nitrogens is 2. The largest absolute Gasteiger partial charge is 0.365 e. The van der Waals surface area contributed by atoms with Crippen LogP contribution in [0.5, 0.6) is 0 Å². The van der Waals surface area contributed by atoms with Crippen molar-refractivity contribution in [1.82, 2.24) is 14.9 Å². The van der Waals surface area contributed by atoms with Gasteiger partial charge in [-0.25, -0.2) is 9.97 Å². The van der Waals surface area contributed by atoms with Crippen LogP contribution in [-0.4, -0.2) is 52.9 Å². The molecule has 1 aliphatic rings. The highest BCUT2D eigenvalue weighted by atomic mass is 16.2. The Kier molecular flexibility index (Phi) is 4.41. The topological polar surface area (TPSA) is 92.4 Å². The van der Waals surface area contributed by atoms with Gasteiger partial charge >= 0.3 is 0 Å². The maximum absolute atomic E-state index is 11.7. The molecule has 1 aromatic heterocycles. The van der Waals surface area contributed by atoms with E-state index in [0.717, 1.165) is 5.56 Å². The normalized spacial score (nSPS) is 14.5. The van der Waals surface area contributed by atoms with Crippen molar-refractivity contribution < 1.29 is 9.59 Å². The summed E-state index contributed by atoms with van der Waals surface area (Å²) in [4.78, 5) is 35.8. The van der Waals surface area contributed by atoms with Gasteiger partial charge in [0.1, 0.15) is 11.4 Å². The molecule has 124 valence electrons. The number of nitrogens with zero attached hydrogens (tertiary/aromatic N) is 4. The zero-order valence-electron chi connectivity index (χ0n) is 13.5. The van der Waals surface area contributed by atoms with Crippen LogP contribution in [-0.2, 0) is 4.79 Å². The van der Waals surface area contributed by atoms with Crippen LogP contribution in [0.15, 0.2) is 36.5 Å². The van der Waals surface area contributed by atoms with E-state index in [1.165, 1.54) is 6.20 Å². The van der Waals surface area contributed by atoms with Crippen molar-refractivity contribution in [2.24, 2.45) is 5.73 Å². The fourth-order valence-corrected chi connectivity index (χ4v) is 2.75. The number of amides is 2. The molecule has 1 aliphatic heterocycles. The van der Waals surface area contributed by atoms with Gasteiger partial charge in [-0.05, 0) is 0 Å². The number of benzene rings is 1. The quantitative estimate of drug-likeness (QED) is 0.905. The second-order valence-electron chi connectivity index (χ2n) is 5.65. The highest BCUT2D eigenvalue weighted by molar-refractivity contribution is 5.97. The van der Waals surface area contributed by atoms with Crippen molar-refractivity contribution in [3.8, 4) is 11.4 Å². The number of carbonyl (C=O) groups excluding carboxylic acids is 2. The molecule has 0 bridgehead atoms. The molecular weight excluding hydrogens is 306 g/mol. The zero-order valence-corrected chi connectivity index (χ0v) is 13.5. The van der Waals surface area contributed by atoms with Gasteiger partial charge in [-0.3, -0.25) is 9.59 Å². The molecule has 1 saturated heterocycles. The Balaban J connectivity index is 1.93. The molecule has 0 atom stereocenters. The molecule has 1 fully saturated rings. The molecule has 2 aromatic rings. The number of nitrogens with two attached hydrogens (primary N) is 1. The molecule has 2 N–H and O–H groups in total. The lowest BCUT2D eigenvalue weighted by Gasteiger charge is -2.35. The number of piperazine rings is 1. The summed E-state index contributed by atoms with van der Waals surface area (Å²) in [5.41, 5.74) is 6.64. The van der Waals surface area contributed by atoms with E-state index in [4.69, 9.17) is 5.73 Å². The predicted octanol–water partition coefficient (Wildman–Crippen LogP) is 0.911. The summed E-state index contributed by atoms with van der Waals surface area (Å²) in [5, 5.41) is 0. The monoisotopic (exact) mass is 325 g/mol. The van der Waals surface area contributed by atoms with Gasteiger partial charge in [0.25, 0.3) is 5.91 Å². The second kappa shape index (κ2) is 6.66. The molecule has 7 nitrogen and oxygen atoms in total. The third-order valence-electron chi connectivity index (χ3n) is 4.09. The smallest absolute Gasteiger partial charge is 0.254 e. The minimum absolute atomic E-state index is 0.0532.